The van der Waals surface area contributed by atoms with E-state index in [1.54, 1.807) is 22.6 Å². The number of carbonyl (C=O) groups excluding carboxylic acids is 1. The molecule has 106 valence electrons. The standard InChI is InChI=1S/C14H18N4OS/c1-9-10(2)20-14-12(9)13(15-8-16-14)18-5-4-11(19)17(3)6-7-18/h8H,4-7H2,1-3H3. The Bertz CT molecular complexity index is 666. The van der Waals surface area contributed by atoms with Gasteiger partial charge >= 0.3 is 0 Å². The van der Waals surface area contributed by atoms with E-state index in [9.17, 15) is 4.79 Å². The fourth-order valence-electron chi connectivity index (χ4n) is 2.54. The summed E-state index contributed by atoms with van der Waals surface area (Å²) in [5, 5.41) is 1.15. The molecule has 0 aromatic carbocycles. The molecule has 3 rings (SSSR count). The molecule has 1 aliphatic heterocycles. The second-order valence-electron chi connectivity index (χ2n) is 5.21. The molecule has 1 saturated heterocycles. The lowest BCUT2D eigenvalue weighted by molar-refractivity contribution is -0.129. The molecule has 0 radical (unpaired) electrons. The van der Waals surface area contributed by atoms with Gasteiger partial charge in [-0.1, -0.05) is 0 Å². The highest BCUT2D eigenvalue weighted by molar-refractivity contribution is 7.18. The first-order valence-corrected chi connectivity index (χ1v) is 7.59. The number of amides is 1. The minimum Gasteiger partial charge on any atom is -0.354 e. The van der Waals surface area contributed by atoms with Gasteiger partial charge in [-0.15, -0.1) is 11.3 Å². The maximum atomic E-state index is 11.8. The SMILES string of the molecule is Cc1sc2ncnc(N3CCC(=O)N(C)CC3)c2c1C. The van der Waals surface area contributed by atoms with Crippen LogP contribution >= 0.6 is 11.3 Å². The van der Waals surface area contributed by atoms with E-state index in [1.165, 1.54) is 10.4 Å². The predicted molar refractivity (Wildman–Crippen MR) is 81.4 cm³/mol. The van der Waals surface area contributed by atoms with E-state index in [0.717, 1.165) is 35.7 Å². The zero-order chi connectivity index (χ0) is 14.3. The van der Waals surface area contributed by atoms with Gasteiger partial charge in [0.15, 0.2) is 0 Å². The van der Waals surface area contributed by atoms with Gasteiger partial charge < -0.3 is 9.80 Å². The summed E-state index contributed by atoms with van der Waals surface area (Å²) in [5.41, 5.74) is 1.25. The van der Waals surface area contributed by atoms with Crippen LogP contribution in [-0.2, 0) is 4.79 Å². The van der Waals surface area contributed by atoms with E-state index in [4.69, 9.17) is 0 Å². The Balaban J connectivity index is 2.03. The van der Waals surface area contributed by atoms with Crippen LogP contribution in [0.1, 0.15) is 16.9 Å². The van der Waals surface area contributed by atoms with Gasteiger partial charge in [-0.25, -0.2) is 9.97 Å². The zero-order valence-corrected chi connectivity index (χ0v) is 12.8. The zero-order valence-electron chi connectivity index (χ0n) is 12.0. The maximum Gasteiger partial charge on any atom is 0.224 e. The van der Waals surface area contributed by atoms with Crippen LogP contribution in [0.25, 0.3) is 10.2 Å². The van der Waals surface area contributed by atoms with E-state index in [2.05, 4.69) is 28.7 Å². The largest absolute Gasteiger partial charge is 0.354 e. The maximum absolute atomic E-state index is 11.8. The minimum absolute atomic E-state index is 0.205. The van der Waals surface area contributed by atoms with Crippen molar-refractivity contribution in [2.75, 3.05) is 31.6 Å². The fraction of sp³-hybridized carbons (Fsp3) is 0.500. The highest BCUT2D eigenvalue weighted by Crippen LogP contribution is 2.34. The molecule has 1 aliphatic rings. The molecule has 0 aliphatic carbocycles. The van der Waals surface area contributed by atoms with Gasteiger partial charge in [-0.3, -0.25) is 4.79 Å². The summed E-state index contributed by atoms with van der Waals surface area (Å²) < 4.78 is 0. The molecule has 0 bridgehead atoms. The molecule has 0 atom stereocenters. The first-order chi connectivity index (χ1) is 9.58. The first kappa shape index (κ1) is 13.3. The third kappa shape index (κ3) is 2.14. The lowest BCUT2D eigenvalue weighted by atomic mass is 10.2. The van der Waals surface area contributed by atoms with Crippen LogP contribution in [-0.4, -0.2) is 47.5 Å². The number of fused-ring (bicyclic) bond motifs is 1. The van der Waals surface area contributed by atoms with Crippen LogP contribution < -0.4 is 4.90 Å². The van der Waals surface area contributed by atoms with Crippen molar-refractivity contribution in [1.82, 2.24) is 14.9 Å². The Labute approximate surface area is 122 Å². The van der Waals surface area contributed by atoms with Gasteiger partial charge in [-0.2, -0.15) is 0 Å². The van der Waals surface area contributed by atoms with E-state index in [1.807, 2.05) is 7.05 Å². The summed E-state index contributed by atoms with van der Waals surface area (Å²) in [5.74, 6) is 1.18. The number of hydrogen-bond acceptors (Lipinski definition) is 5. The first-order valence-electron chi connectivity index (χ1n) is 6.77. The molecule has 2 aromatic heterocycles. The molecule has 1 fully saturated rings. The molecular formula is C14H18N4OS. The molecule has 5 nitrogen and oxygen atoms in total. The van der Waals surface area contributed by atoms with E-state index < -0.39 is 0 Å². The number of nitrogens with zero attached hydrogens (tertiary/aromatic N) is 4. The number of thiophene rings is 1. The highest BCUT2D eigenvalue weighted by Gasteiger charge is 2.22. The molecule has 1 amide bonds. The minimum atomic E-state index is 0.205. The average molecular weight is 290 g/mol. The van der Waals surface area contributed by atoms with Gasteiger partial charge in [-0.05, 0) is 19.4 Å². The molecule has 20 heavy (non-hydrogen) atoms. The monoisotopic (exact) mass is 290 g/mol. The molecule has 3 heterocycles. The second kappa shape index (κ2) is 5.01. The summed E-state index contributed by atoms with van der Waals surface area (Å²) in [6, 6.07) is 0. The quantitative estimate of drug-likeness (QED) is 0.806. The van der Waals surface area contributed by atoms with Gasteiger partial charge in [0, 0.05) is 38.0 Å². The van der Waals surface area contributed by atoms with Crippen LogP contribution in [0.15, 0.2) is 6.33 Å². The number of aromatic nitrogens is 2. The number of likely N-dealkylation sites (N-methyl/N-ethyl adjacent to an activating group) is 1. The van der Waals surface area contributed by atoms with Gasteiger partial charge in [0.05, 0.1) is 5.39 Å². The predicted octanol–water partition coefficient (Wildman–Crippen LogP) is 1.98. The summed E-state index contributed by atoms with van der Waals surface area (Å²) in [7, 11) is 1.86. The lowest BCUT2D eigenvalue weighted by Gasteiger charge is -2.22. The summed E-state index contributed by atoms with van der Waals surface area (Å²) in [6.07, 6.45) is 2.17. The molecule has 0 unspecified atom stereocenters. The third-order valence-corrected chi connectivity index (χ3v) is 5.09. The Hall–Kier alpha value is -1.69. The smallest absolute Gasteiger partial charge is 0.224 e. The fourth-order valence-corrected chi connectivity index (χ4v) is 3.54. The van der Waals surface area contributed by atoms with Crippen molar-refractivity contribution in [3.63, 3.8) is 0 Å². The average Bonchev–Trinajstić information content (AvgIpc) is 2.62. The molecule has 2 aromatic rings. The van der Waals surface area contributed by atoms with Crippen LogP contribution in [0, 0.1) is 13.8 Å². The number of aryl methyl sites for hydroxylation is 2. The van der Waals surface area contributed by atoms with Crippen LogP contribution in [0.5, 0.6) is 0 Å². The Morgan fingerprint density at radius 2 is 2.00 bits per heavy atom. The molecule has 0 saturated carbocycles. The van der Waals surface area contributed by atoms with Crippen molar-refractivity contribution in [3.8, 4) is 0 Å². The molecule has 0 spiro atoms. The van der Waals surface area contributed by atoms with Crippen molar-refractivity contribution in [2.24, 2.45) is 0 Å². The third-order valence-electron chi connectivity index (χ3n) is 3.97. The number of carbonyl (C=O) groups is 1. The summed E-state index contributed by atoms with van der Waals surface area (Å²) in [4.78, 5) is 27.0. The molecule has 0 N–H and O–H groups in total. The van der Waals surface area contributed by atoms with Crippen LogP contribution in [0.2, 0.25) is 0 Å². The van der Waals surface area contributed by atoms with Crippen molar-refractivity contribution < 1.29 is 4.79 Å². The Kier molecular flexibility index (Phi) is 3.33. The Morgan fingerprint density at radius 3 is 2.80 bits per heavy atom. The normalized spacial score (nSPS) is 16.9. The van der Waals surface area contributed by atoms with E-state index in [0.29, 0.717) is 6.42 Å². The van der Waals surface area contributed by atoms with Crippen LogP contribution in [0.3, 0.4) is 0 Å². The van der Waals surface area contributed by atoms with Gasteiger partial charge in [0.1, 0.15) is 17.0 Å². The van der Waals surface area contributed by atoms with Crippen molar-refractivity contribution in [1.29, 1.82) is 0 Å². The number of rotatable bonds is 1. The van der Waals surface area contributed by atoms with Gasteiger partial charge in [0.25, 0.3) is 0 Å². The van der Waals surface area contributed by atoms with Crippen LogP contribution in [0.4, 0.5) is 5.82 Å². The lowest BCUT2D eigenvalue weighted by Crippen LogP contribution is -2.30. The van der Waals surface area contributed by atoms with Gasteiger partial charge in [0.2, 0.25) is 5.91 Å². The highest BCUT2D eigenvalue weighted by atomic mass is 32.1. The van der Waals surface area contributed by atoms with Crippen molar-refractivity contribution >= 4 is 33.3 Å². The van der Waals surface area contributed by atoms with Crippen molar-refractivity contribution in [2.45, 2.75) is 20.3 Å². The molecular weight excluding hydrogens is 272 g/mol. The topological polar surface area (TPSA) is 49.3 Å². The van der Waals surface area contributed by atoms with E-state index in [-0.39, 0.29) is 5.91 Å². The summed E-state index contributed by atoms with van der Waals surface area (Å²) in [6.45, 7) is 6.53. The number of hydrogen-bond donors (Lipinski definition) is 0. The Morgan fingerprint density at radius 1 is 1.20 bits per heavy atom. The summed E-state index contributed by atoms with van der Waals surface area (Å²) >= 11 is 1.71. The number of anilines is 1. The van der Waals surface area contributed by atoms with E-state index >= 15 is 0 Å². The molecule has 6 heteroatoms. The van der Waals surface area contributed by atoms with Crippen molar-refractivity contribution in [3.05, 3.63) is 16.8 Å². The second-order valence-corrected chi connectivity index (χ2v) is 6.42.